The molecule has 3 heterocycles. The zero-order valence-electron chi connectivity index (χ0n) is 15.1. The second-order valence-corrected chi connectivity index (χ2v) is 8.33. The number of fused-ring (bicyclic) bond motifs is 1. The summed E-state index contributed by atoms with van der Waals surface area (Å²) in [7, 11) is 0. The molecule has 6 nitrogen and oxygen atoms in total. The van der Waals surface area contributed by atoms with E-state index in [0.717, 1.165) is 46.9 Å². The summed E-state index contributed by atoms with van der Waals surface area (Å²) in [6, 6.07) is 6.66. The van der Waals surface area contributed by atoms with Crippen LogP contribution in [0.2, 0.25) is 0 Å². The van der Waals surface area contributed by atoms with E-state index in [0.29, 0.717) is 22.6 Å². The topological polar surface area (TPSA) is 63.9 Å². The number of nitrogens with zero attached hydrogens (tertiary/aromatic N) is 5. The first-order valence-electron chi connectivity index (χ1n) is 9.49. The van der Waals surface area contributed by atoms with Crippen molar-refractivity contribution >= 4 is 27.4 Å². The van der Waals surface area contributed by atoms with E-state index in [9.17, 15) is 13.6 Å². The van der Waals surface area contributed by atoms with Gasteiger partial charge in [0.15, 0.2) is 0 Å². The van der Waals surface area contributed by atoms with Gasteiger partial charge in [0.05, 0.1) is 23.5 Å². The van der Waals surface area contributed by atoms with Crippen LogP contribution in [0.5, 0.6) is 0 Å². The Balaban J connectivity index is 1.60. The van der Waals surface area contributed by atoms with Crippen molar-refractivity contribution in [1.29, 1.82) is 0 Å². The lowest BCUT2D eigenvalue weighted by atomic mass is 10.1. The van der Waals surface area contributed by atoms with Crippen molar-refractivity contribution in [3.63, 3.8) is 0 Å². The Morgan fingerprint density at radius 2 is 2.00 bits per heavy atom. The lowest BCUT2D eigenvalue weighted by Crippen LogP contribution is -2.33. The summed E-state index contributed by atoms with van der Waals surface area (Å²) in [6.45, 7) is 0.0983. The molecule has 0 amide bonds. The van der Waals surface area contributed by atoms with E-state index in [1.165, 1.54) is 0 Å². The van der Waals surface area contributed by atoms with Gasteiger partial charge in [-0.3, -0.25) is 9.36 Å². The molecule has 3 aromatic rings. The smallest absolute Gasteiger partial charge is 0.261 e. The third-order valence-corrected chi connectivity index (χ3v) is 6.49. The Morgan fingerprint density at radius 1 is 1.18 bits per heavy atom. The molecule has 0 bridgehead atoms. The molecule has 146 valence electrons. The lowest BCUT2D eigenvalue weighted by molar-refractivity contribution is 0.123. The van der Waals surface area contributed by atoms with Crippen LogP contribution in [0, 0.1) is 0 Å². The highest BCUT2D eigenvalue weighted by atomic mass is 32.1. The predicted molar refractivity (Wildman–Crippen MR) is 103 cm³/mol. The normalized spacial score (nSPS) is 19.8. The Hall–Kier alpha value is -2.42. The fourth-order valence-corrected chi connectivity index (χ4v) is 4.94. The van der Waals surface area contributed by atoms with Crippen LogP contribution >= 0.6 is 11.3 Å². The predicted octanol–water partition coefficient (Wildman–Crippen LogP) is 3.73. The maximum atomic E-state index is 13.3. The van der Waals surface area contributed by atoms with Crippen LogP contribution in [0.4, 0.5) is 13.9 Å². The molecule has 1 unspecified atom stereocenters. The average Bonchev–Trinajstić information content (AvgIpc) is 3.22. The Labute approximate surface area is 163 Å². The van der Waals surface area contributed by atoms with Gasteiger partial charge in [0.25, 0.3) is 12.0 Å². The van der Waals surface area contributed by atoms with E-state index < -0.39 is 18.5 Å². The van der Waals surface area contributed by atoms with E-state index in [2.05, 4.69) is 20.1 Å². The molecular weight excluding hydrogens is 384 g/mol. The van der Waals surface area contributed by atoms with E-state index in [1.807, 2.05) is 0 Å². The minimum atomic E-state index is -2.63. The molecule has 1 saturated heterocycles. The fourth-order valence-electron chi connectivity index (χ4n) is 3.86. The summed E-state index contributed by atoms with van der Waals surface area (Å²) in [5, 5.41) is 10.8. The van der Waals surface area contributed by atoms with Gasteiger partial charge < -0.3 is 4.90 Å². The summed E-state index contributed by atoms with van der Waals surface area (Å²) < 4.78 is 27.7. The molecule has 2 fully saturated rings. The van der Waals surface area contributed by atoms with Gasteiger partial charge in [0.1, 0.15) is 10.8 Å². The van der Waals surface area contributed by atoms with Gasteiger partial charge in [-0.1, -0.05) is 23.5 Å². The molecule has 2 aliphatic rings. The molecule has 1 aliphatic carbocycles. The first kappa shape index (κ1) is 17.7. The molecule has 0 N–H and O–H groups in total. The second kappa shape index (κ2) is 6.88. The number of anilines is 1. The Morgan fingerprint density at radius 3 is 2.79 bits per heavy atom. The average molecular weight is 403 g/mol. The summed E-state index contributed by atoms with van der Waals surface area (Å²) in [5.41, 5.74) is 0.125. The summed E-state index contributed by atoms with van der Waals surface area (Å²) in [4.78, 5) is 19.6. The van der Waals surface area contributed by atoms with E-state index in [4.69, 9.17) is 0 Å². The molecule has 5 rings (SSSR count). The number of hydrogen-bond donors (Lipinski definition) is 0. The lowest BCUT2D eigenvalue weighted by Gasteiger charge is -2.25. The second-order valence-electron chi connectivity index (χ2n) is 7.34. The van der Waals surface area contributed by atoms with Crippen molar-refractivity contribution in [3.8, 4) is 0 Å². The number of halogens is 2. The minimum Gasteiger partial charge on any atom is -0.336 e. The van der Waals surface area contributed by atoms with Crippen LogP contribution < -0.4 is 10.5 Å². The van der Waals surface area contributed by atoms with Crippen LogP contribution in [0.1, 0.15) is 48.5 Å². The number of para-hydroxylation sites is 1. The third kappa shape index (κ3) is 3.07. The molecule has 9 heteroatoms. The van der Waals surface area contributed by atoms with Gasteiger partial charge in [0, 0.05) is 12.5 Å². The molecule has 1 saturated carbocycles. The van der Waals surface area contributed by atoms with E-state index in [-0.39, 0.29) is 6.04 Å². The molecule has 1 aromatic carbocycles. The van der Waals surface area contributed by atoms with Crippen LogP contribution in [0.3, 0.4) is 0 Å². The van der Waals surface area contributed by atoms with E-state index >= 15 is 0 Å². The Bertz CT molecular complexity index is 1080. The summed E-state index contributed by atoms with van der Waals surface area (Å²) >= 11 is 1.57. The molecule has 0 radical (unpaired) electrons. The number of rotatable bonds is 5. The van der Waals surface area contributed by atoms with Gasteiger partial charge in [0.2, 0.25) is 5.13 Å². The van der Waals surface area contributed by atoms with Crippen molar-refractivity contribution in [2.45, 2.75) is 50.6 Å². The highest BCUT2D eigenvalue weighted by molar-refractivity contribution is 7.15. The molecule has 1 aliphatic heterocycles. The number of alkyl halides is 2. The Kier molecular flexibility index (Phi) is 4.34. The van der Waals surface area contributed by atoms with Gasteiger partial charge in [-0.15, -0.1) is 10.2 Å². The van der Waals surface area contributed by atoms with Gasteiger partial charge in [-0.05, 0) is 37.8 Å². The fraction of sp³-hybridized carbons (Fsp3) is 0.474. The minimum absolute atomic E-state index is 0.254. The van der Waals surface area contributed by atoms with Crippen LogP contribution in [0.15, 0.2) is 29.1 Å². The standard InChI is InChI=1S/C19H19F2N5OS/c20-15(21)10-26-16(22-13-5-2-1-4-12(13)18(26)27)14-6-3-9-25(14)19-24-23-17(28-19)11-7-8-11/h1-2,4-5,11,14-15H,3,6-10H2. The zero-order valence-corrected chi connectivity index (χ0v) is 15.9. The summed E-state index contributed by atoms with van der Waals surface area (Å²) in [6.07, 6.45) is 1.31. The molecule has 1 atom stereocenters. The van der Waals surface area contributed by atoms with Crippen LogP contribution in [-0.2, 0) is 6.54 Å². The number of benzene rings is 1. The van der Waals surface area contributed by atoms with Gasteiger partial charge in [-0.25, -0.2) is 13.8 Å². The van der Waals surface area contributed by atoms with Crippen molar-refractivity contribution < 1.29 is 8.78 Å². The highest BCUT2D eigenvalue weighted by Gasteiger charge is 2.35. The van der Waals surface area contributed by atoms with Crippen molar-refractivity contribution in [2.24, 2.45) is 0 Å². The molecule has 28 heavy (non-hydrogen) atoms. The number of hydrogen-bond acceptors (Lipinski definition) is 6. The third-order valence-electron chi connectivity index (χ3n) is 5.36. The maximum Gasteiger partial charge on any atom is 0.261 e. The van der Waals surface area contributed by atoms with Crippen molar-refractivity contribution in [3.05, 3.63) is 45.5 Å². The first-order valence-corrected chi connectivity index (χ1v) is 10.3. The van der Waals surface area contributed by atoms with Crippen molar-refractivity contribution in [1.82, 2.24) is 19.7 Å². The number of aromatic nitrogens is 4. The summed E-state index contributed by atoms with van der Waals surface area (Å²) in [5.74, 6) is 0.910. The SMILES string of the molecule is O=c1c2ccccc2nc(C2CCCN2c2nnc(C3CC3)s2)n1CC(F)F. The van der Waals surface area contributed by atoms with Crippen LogP contribution in [0.25, 0.3) is 10.9 Å². The maximum absolute atomic E-state index is 13.3. The quantitative estimate of drug-likeness (QED) is 0.650. The molecule has 2 aromatic heterocycles. The van der Waals surface area contributed by atoms with Crippen molar-refractivity contribution in [2.75, 3.05) is 11.4 Å². The first-order chi connectivity index (χ1) is 13.6. The largest absolute Gasteiger partial charge is 0.336 e. The van der Waals surface area contributed by atoms with Gasteiger partial charge >= 0.3 is 0 Å². The molecular formula is C19H19F2N5OS. The molecule has 0 spiro atoms. The van der Waals surface area contributed by atoms with Crippen LogP contribution in [-0.4, -0.2) is 32.7 Å². The monoisotopic (exact) mass is 403 g/mol. The van der Waals surface area contributed by atoms with E-state index in [1.54, 1.807) is 35.6 Å². The van der Waals surface area contributed by atoms with Gasteiger partial charge in [-0.2, -0.15) is 0 Å². The highest BCUT2D eigenvalue weighted by Crippen LogP contribution is 2.44. The zero-order chi connectivity index (χ0) is 19.3.